The first-order valence-electron chi connectivity index (χ1n) is 21.7. The van der Waals surface area contributed by atoms with E-state index >= 15 is 9.13 Å². The van der Waals surface area contributed by atoms with Gasteiger partial charge in [0.2, 0.25) is 0 Å². The Balaban J connectivity index is 1.22. The lowest BCUT2D eigenvalue weighted by molar-refractivity contribution is 0.585. The number of hydrogen-bond donors (Lipinski definition) is 0. The zero-order valence-corrected chi connectivity index (χ0v) is 38.3. The first kappa shape index (κ1) is 41.6. The molecule has 62 heavy (non-hydrogen) atoms. The van der Waals surface area contributed by atoms with Crippen molar-refractivity contribution < 1.29 is 9.13 Å². The Bertz CT molecular complexity index is 2790. The lowest BCUT2D eigenvalue weighted by Crippen LogP contribution is -2.26. The molecule has 1 aliphatic carbocycles. The molecule has 1 aliphatic rings. The molecule has 0 aromatic heterocycles. The molecule has 0 N–H and O–H groups in total. The van der Waals surface area contributed by atoms with E-state index in [1.165, 1.54) is 38.9 Å². The van der Waals surface area contributed by atoms with Gasteiger partial charge in [0.05, 0.1) is 0 Å². The molecule has 8 aromatic rings. The molecule has 4 heteroatoms. The summed E-state index contributed by atoms with van der Waals surface area (Å²) >= 11 is 0. The molecular formula is C58H54O2P2. The highest BCUT2D eigenvalue weighted by Gasteiger charge is 2.38. The molecule has 0 spiro atoms. The van der Waals surface area contributed by atoms with Crippen LogP contribution in [0.1, 0.15) is 97.9 Å². The van der Waals surface area contributed by atoms with E-state index < -0.39 is 14.3 Å². The van der Waals surface area contributed by atoms with Crippen LogP contribution in [0.25, 0.3) is 0 Å². The third-order valence-corrected chi connectivity index (χ3v) is 19.0. The van der Waals surface area contributed by atoms with E-state index in [1.807, 2.05) is 121 Å². The van der Waals surface area contributed by atoms with E-state index in [1.54, 1.807) is 0 Å². The number of rotatable bonds is 8. The average Bonchev–Trinajstić information content (AvgIpc) is 3.30. The molecule has 8 aromatic carbocycles. The molecule has 0 atom stereocenters. The van der Waals surface area contributed by atoms with Crippen molar-refractivity contribution in [2.75, 3.05) is 0 Å². The minimum atomic E-state index is -3.15. The van der Waals surface area contributed by atoms with Crippen molar-refractivity contribution in [2.45, 2.75) is 64.2 Å². The summed E-state index contributed by atoms with van der Waals surface area (Å²) in [5, 5.41) is 4.96. The SMILES string of the molecule is CC(C)(C)c1ccc2c(c1)C(c1ccc(P(=O)(c3ccccc3)c3ccccc3)cc1)c1cc(C(C)(C)C)ccc1C2c1ccc(P(=O)(c2ccccc2)c2ccccc2)cc1. The Morgan fingerprint density at radius 3 is 0.839 bits per heavy atom. The van der Waals surface area contributed by atoms with Crippen LogP contribution in [0.15, 0.2) is 206 Å². The fraction of sp³-hybridized carbons (Fsp3) is 0.172. The predicted octanol–water partition coefficient (Wildman–Crippen LogP) is 12.2. The van der Waals surface area contributed by atoms with Gasteiger partial charge in [-0.15, -0.1) is 0 Å². The second-order valence-corrected chi connectivity index (χ2v) is 24.3. The summed E-state index contributed by atoms with van der Waals surface area (Å²) in [4.78, 5) is 0. The molecule has 2 nitrogen and oxygen atoms in total. The van der Waals surface area contributed by atoms with Gasteiger partial charge in [-0.3, -0.25) is 0 Å². The van der Waals surface area contributed by atoms with Crippen molar-refractivity contribution in [1.82, 2.24) is 0 Å². The van der Waals surface area contributed by atoms with Crippen molar-refractivity contribution in [1.29, 1.82) is 0 Å². The molecule has 0 fully saturated rings. The van der Waals surface area contributed by atoms with Crippen molar-refractivity contribution in [3.05, 3.63) is 251 Å². The largest absolute Gasteiger partial charge is 0.309 e. The van der Waals surface area contributed by atoms with E-state index in [0.29, 0.717) is 0 Å². The molecule has 0 aliphatic heterocycles. The minimum absolute atomic E-state index is 0.0446. The van der Waals surface area contributed by atoms with E-state index in [0.717, 1.165) is 37.4 Å². The van der Waals surface area contributed by atoms with Crippen molar-refractivity contribution in [3.63, 3.8) is 0 Å². The number of hydrogen-bond acceptors (Lipinski definition) is 2. The zero-order valence-electron chi connectivity index (χ0n) is 36.5. The van der Waals surface area contributed by atoms with Crippen LogP contribution in [-0.2, 0) is 20.0 Å². The predicted molar refractivity (Wildman–Crippen MR) is 264 cm³/mol. The molecule has 9 rings (SSSR count). The van der Waals surface area contributed by atoms with Crippen LogP contribution < -0.4 is 31.8 Å². The van der Waals surface area contributed by atoms with Gasteiger partial charge in [0, 0.05) is 43.7 Å². The van der Waals surface area contributed by atoms with Crippen LogP contribution in [0.4, 0.5) is 0 Å². The highest BCUT2D eigenvalue weighted by Crippen LogP contribution is 2.52. The van der Waals surface area contributed by atoms with Crippen LogP contribution >= 0.6 is 14.3 Å². The summed E-state index contributed by atoms with van der Waals surface area (Å²) in [6.07, 6.45) is 0. The van der Waals surface area contributed by atoms with E-state index in [4.69, 9.17) is 0 Å². The maximum absolute atomic E-state index is 15.4. The molecule has 0 saturated carbocycles. The Labute approximate surface area is 368 Å². The summed E-state index contributed by atoms with van der Waals surface area (Å²) < 4.78 is 30.8. The molecule has 0 heterocycles. The summed E-state index contributed by atoms with van der Waals surface area (Å²) in [5.74, 6) is -0.102. The minimum Gasteiger partial charge on any atom is -0.309 e. The molecule has 0 unspecified atom stereocenters. The fourth-order valence-electron chi connectivity index (χ4n) is 9.36. The Morgan fingerprint density at radius 2 is 0.565 bits per heavy atom. The van der Waals surface area contributed by atoms with Gasteiger partial charge in [-0.25, -0.2) is 0 Å². The van der Waals surface area contributed by atoms with Crippen LogP contribution in [0.5, 0.6) is 0 Å². The van der Waals surface area contributed by atoms with Crippen LogP contribution in [0.2, 0.25) is 0 Å². The van der Waals surface area contributed by atoms with Crippen molar-refractivity contribution in [2.24, 2.45) is 0 Å². The monoisotopic (exact) mass is 844 g/mol. The van der Waals surface area contributed by atoms with Crippen LogP contribution in [0, 0.1) is 0 Å². The zero-order chi connectivity index (χ0) is 43.3. The Hall–Kier alpha value is -5.78. The highest BCUT2D eigenvalue weighted by atomic mass is 31.2. The van der Waals surface area contributed by atoms with Gasteiger partial charge >= 0.3 is 0 Å². The van der Waals surface area contributed by atoms with Gasteiger partial charge in [-0.2, -0.15) is 0 Å². The van der Waals surface area contributed by atoms with Gasteiger partial charge in [-0.1, -0.05) is 248 Å². The summed E-state index contributed by atoms with van der Waals surface area (Å²) in [6, 6.07) is 71.1. The fourth-order valence-corrected chi connectivity index (χ4v) is 14.7. The highest BCUT2D eigenvalue weighted by molar-refractivity contribution is 7.85. The topological polar surface area (TPSA) is 34.1 Å². The van der Waals surface area contributed by atoms with Gasteiger partial charge in [0.25, 0.3) is 0 Å². The second-order valence-electron chi connectivity index (χ2n) is 18.8. The first-order chi connectivity index (χ1) is 29.8. The van der Waals surface area contributed by atoms with Gasteiger partial charge in [0.1, 0.15) is 0 Å². The maximum Gasteiger partial charge on any atom is 0.171 e. The Kier molecular flexibility index (Phi) is 10.8. The molecule has 0 saturated heterocycles. The van der Waals surface area contributed by atoms with E-state index in [2.05, 4.69) is 126 Å². The standard InChI is InChI=1S/C58H54O2P2/c1-57(2,3)43-31-37-51-53(39-43)56(42-29-35-50(36-30-42)62(60,47-23-15-9-16-24-47)48-25-17-10-18-26-48)54-40-44(58(4,5)6)32-38-52(54)55(51)41-27-33-49(34-28-41)61(59,45-19-11-7-12-20-45)46-21-13-8-14-22-46/h7-40,55-56H,1-6H3. The number of fused-ring (bicyclic) bond motifs is 2. The smallest absolute Gasteiger partial charge is 0.171 e. The summed E-state index contributed by atoms with van der Waals surface area (Å²) in [5.41, 5.74) is 9.87. The van der Waals surface area contributed by atoms with E-state index in [-0.39, 0.29) is 22.7 Å². The molecule has 308 valence electrons. The third-order valence-electron chi connectivity index (χ3n) is 12.8. The summed E-state index contributed by atoms with van der Waals surface area (Å²) in [7, 11) is -6.30. The van der Waals surface area contributed by atoms with Gasteiger partial charge in [-0.05, 0) is 55.3 Å². The molecule has 0 amide bonds. The van der Waals surface area contributed by atoms with E-state index in [9.17, 15) is 0 Å². The maximum atomic E-state index is 15.4. The molecule has 0 bridgehead atoms. The second kappa shape index (κ2) is 16.2. The third kappa shape index (κ3) is 7.38. The lowest BCUT2D eigenvalue weighted by atomic mass is 9.66. The van der Waals surface area contributed by atoms with Crippen molar-refractivity contribution >= 4 is 46.1 Å². The normalized spacial score (nSPS) is 15.4. The average molecular weight is 845 g/mol. The molecular weight excluding hydrogens is 791 g/mol. The van der Waals surface area contributed by atoms with Gasteiger partial charge < -0.3 is 9.13 Å². The van der Waals surface area contributed by atoms with Crippen LogP contribution in [0.3, 0.4) is 0 Å². The van der Waals surface area contributed by atoms with Crippen LogP contribution in [-0.4, -0.2) is 0 Å². The summed E-state index contributed by atoms with van der Waals surface area (Å²) in [6.45, 7) is 13.7. The van der Waals surface area contributed by atoms with Gasteiger partial charge in [0.15, 0.2) is 14.3 Å². The lowest BCUT2D eigenvalue weighted by Gasteiger charge is -2.37. The quantitative estimate of drug-likeness (QED) is 0.143. The van der Waals surface area contributed by atoms with Crippen molar-refractivity contribution in [3.8, 4) is 0 Å². The molecule has 0 radical (unpaired) electrons. The first-order valence-corrected chi connectivity index (χ1v) is 25.1. The number of benzene rings is 8. The Morgan fingerprint density at radius 1 is 0.306 bits per heavy atom.